The SMILES string of the molecule is CCCCN1/C(=C/C2=C([O-])C(=C/c3sc4ccccc4[n+]3CCCCNC(=O)CCSc3cc(CC)c4nsnc4c3CC)/C2=O)Sc2ccccc21. The average molecular weight is 782 g/mol. The van der Waals surface area contributed by atoms with E-state index in [4.69, 9.17) is 0 Å². The number of para-hydroxylation sites is 2. The maximum atomic E-state index is 13.5. The molecule has 3 heterocycles. The van der Waals surface area contributed by atoms with Crippen LogP contribution in [0.3, 0.4) is 0 Å². The molecular formula is C41H43N5O3S4. The number of amides is 1. The molecule has 0 spiro atoms. The van der Waals surface area contributed by atoms with Crippen LogP contribution in [0.1, 0.15) is 69.0 Å². The zero-order valence-corrected chi connectivity index (χ0v) is 33.5. The van der Waals surface area contributed by atoms with Gasteiger partial charge in [-0.15, -0.1) is 11.8 Å². The lowest BCUT2D eigenvalue weighted by atomic mass is 9.88. The van der Waals surface area contributed by atoms with Gasteiger partial charge in [0.05, 0.1) is 22.4 Å². The number of carbonyl (C=O) groups excluding carboxylic acids is 2. The van der Waals surface area contributed by atoms with Gasteiger partial charge in [-0.3, -0.25) is 9.59 Å². The Morgan fingerprint density at radius 3 is 2.62 bits per heavy atom. The molecule has 2 aliphatic rings. The molecule has 0 fully saturated rings. The van der Waals surface area contributed by atoms with Gasteiger partial charge in [0.25, 0.3) is 5.01 Å². The highest BCUT2D eigenvalue weighted by Crippen LogP contribution is 2.47. The van der Waals surface area contributed by atoms with Crippen LogP contribution in [-0.4, -0.2) is 39.3 Å². The van der Waals surface area contributed by atoms with E-state index in [2.05, 4.69) is 74.6 Å². The molecule has 1 aliphatic heterocycles. The molecule has 12 heteroatoms. The van der Waals surface area contributed by atoms with Gasteiger partial charge in [0, 0.05) is 64.8 Å². The van der Waals surface area contributed by atoms with Crippen molar-refractivity contribution in [3.05, 3.63) is 98.7 Å². The Kier molecular flexibility index (Phi) is 12.0. The third-order valence-corrected chi connectivity index (χ3v) is 13.5. The number of fused-ring (bicyclic) bond motifs is 3. The summed E-state index contributed by atoms with van der Waals surface area (Å²) < 4.78 is 12.4. The molecule has 1 amide bonds. The normalized spacial score (nSPS) is 15.7. The van der Waals surface area contributed by atoms with Gasteiger partial charge >= 0.3 is 0 Å². The highest BCUT2D eigenvalue weighted by molar-refractivity contribution is 8.03. The molecule has 5 aromatic rings. The largest absolute Gasteiger partial charge is 0.871 e. The van der Waals surface area contributed by atoms with Gasteiger partial charge in [-0.1, -0.05) is 80.3 Å². The minimum absolute atomic E-state index is 0.0547. The van der Waals surface area contributed by atoms with E-state index in [1.54, 1.807) is 47.0 Å². The standard InChI is InChI=1S/C41H43N5O3S4/c1-4-7-20-45-30-14-8-10-16-32(30)51-36(45)24-28-40(48)29(41(28)49)25-37-46(31-15-9-11-17-33(31)52-37)21-13-12-19-42-35(47)18-22-50-34-23-26(5-2)38-39(27(34)6-3)44-53-43-38/h8-11,14-17,23-25H,4-7,12-13,18-22H2,1-3H3,(H-,42,47,48,49). The van der Waals surface area contributed by atoms with E-state index >= 15 is 0 Å². The van der Waals surface area contributed by atoms with Crippen LogP contribution >= 0.6 is 46.6 Å². The third-order valence-electron chi connectivity index (χ3n) is 9.66. The van der Waals surface area contributed by atoms with Crippen LogP contribution in [0, 0.1) is 0 Å². The Morgan fingerprint density at radius 1 is 1.00 bits per heavy atom. The van der Waals surface area contributed by atoms with Crippen molar-refractivity contribution < 1.29 is 19.3 Å². The first-order valence-corrected chi connectivity index (χ1v) is 21.8. The fourth-order valence-corrected chi connectivity index (χ4v) is 10.8. The summed E-state index contributed by atoms with van der Waals surface area (Å²) in [5.41, 5.74) is 7.14. The fraction of sp³-hybridized carbons (Fsp3) is 0.341. The molecule has 0 saturated carbocycles. The van der Waals surface area contributed by atoms with Gasteiger partial charge in [0.2, 0.25) is 11.4 Å². The Labute approximate surface area is 327 Å². The number of ketones is 1. The summed E-state index contributed by atoms with van der Waals surface area (Å²) in [7, 11) is 0. The van der Waals surface area contributed by atoms with Crippen molar-refractivity contribution in [1.82, 2.24) is 14.1 Å². The molecule has 1 aliphatic carbocycles. The van der Waals surface area contributed by atoms with Crippen molar-refractivity contribution >= 4 is 91.3 Å². The van der Waals surface area contributed by atoms with Crippen LogP contribution in [0.5, 0.6) is 0 Å². The van der Waals surface area contributed by atoms with Crippen LogP contribution in [-0.2, 0) is 29.0 Å². The fourth-order valence-electron chi connectivity index (χ4n) is 6.77. The predicted octanol–water partition coefficient (Wildman–Crippen LogP) is 8.23. The Hall–Kier alpha value is -3.97. The number of benzene rings is 3. The lowest BCUT2D eigenvalue weighted by Crippen LogP contribution is -2.36. The van der Waals surface area contributed by atoms with E-state index in [0.717, 1.165) is 86.9 Å². The molecule has 0 atom stereocenters. The van der Waals surface area contributed by atoms with Crippen molar-refractivity contribution in [3.8, 4) is 0 Å². The summed E-state index contributed by atoms with van der Waals surface area (Å²) in [4.78, 5) is 30.8. The van der Waals surface area contributed by atoms with Crippen LogP contribution in [0.25, 0.3) is 27.3 Å². The highest BCUT2D eigenvalue weighted by Gasteiger charge is 2.31. The number of aromatic nitrogens is 3. The molecule has 0 bridgehead atoms. The molecule has 8 nitrogen and oxygen atoms in total. The zero-order valence-electron chi connectivity index (χ0n) is 30.3. The van der Waals surface area contributed by atoms with E-state index in [1.807, 2.05) is 24.3 Å². The van der Waals surface area contributed by atoms with Crippen LogP contribution in [0.2, 0.25) is 0 Å². The number of hydrogen-bond donors (Lipinski definition) is 1. The number of hydrogen-bond acceptors (Lipinski definition) is 10. The summed E-state index contributed by atoms with van der Waals surface area (Å²) in [5.74, 6) is 0.365. The quantitative estimate of drug-likeness (QED) is 0.0463. The molecule has 53 heavy (non-hydrogen) atoms. The summed E-state index contributed by atoms with van der Waals surface area (Å²) in [5, 5.41) is 18.4. The van der Waals surface area contributed by atoms with Crippen LogP contribution in [0.15, 0.2) is 92.4 Å². The van der Waals surface area contributed by atoms with Crippen molar-refractivity contribution in [1.29, 1.82) is 0 Å². The zero-order chi connectivity index (χ0) is 36.9. The molecule has 0 radical (unpaired) electrons. The number of nitrogens with zero attached hydrogens (tertiary/aromatic N) is 4. The summed E-state index contributed by atoms with van der Waals surface area (Å²) in [6, 6.07) is 18.6. The average Bonchev–Trinajstić information content (AvgIpc) is 3.90. The van der Waals surface area contributed by atoms with Crippen LogP contribution < -0.4 is 19.9 Å². The van der Waals surface area contributed by atoms with Crippen molar-refractivity contribution in [3.63, 3.8) is 0 Å². The molecule has 2 aromatic heterocycles. The van der Waals surface area contributed by atoms with Crippen molar-refractivity contribution in [2.24, 2.45) is 0 Å². The molecule has 0 saturated heterocycles. The number of allylic oxidation sites excluding steroid dienone is 3. The van der Waals surface area contributed by atoms with Gasteiger partial charge in [0.1, 0.15) is 15.7 Å². The number of carbonyl (C=O) groups is 2. The van der Waals surface area contributed by atoms with Crippen molar-refractivity contribution in [2.75, 3.05) is 23.7 Å². The minimum atomic E-state index is -0.197. The van der Waals surface area contributed by atoms with Crippen LogP contribution in [0.4, 0.5) is 5.69 Å². The predicted molar refractivity (Wildman–Crippen MR) is 218 cm³/mol. The Bertz CT molecular complexity index is 2270. The van der Waals surface area contributed by atoms with Gasteiger partial charge < -0.3 is 15.3 Å². The second-order valence-electron chi connectivity index (χ2n) is 13.1. The maximum Gasteiger partial charge on any atom is 0.263 e. The number of aryl methyl sites for hydroxylation is 3. The summed E-state index contributed by atoms with van der Waals surface area (Å²) >= 11 is 6.19. The van der Waals surface area contributed by atoms with Gasteiger partial charge in [0.15, 0.2) is 12.3 Å². The molecule has 1 N–H and O–H groups in total. The first kappa shape index (κ1) is 37.3. The van der Waals surface area contributed by atoms with E-state index in [-0.39, 0.29) is 28.6 Å². The van der Waals surface area contributed by atoms with Gasteiger partial charge in [-0.25, -0.2) is 0 Å². The monoisotopic (exact) mass is 781 g/mol. The number of Topliss-reactive ketones (excluding diaryl/α,β-unsaturated/α-hetero) is 1. The Morgan fingerprint density at radius 2 is 1.81 bits per heavy atom. The first-order valence-electron chi connectivity index (χ1n) is 18.4. The second-order valence-corrected chi connectivity index (χ2v) is 16.9. The minimum Gasteiger partial charge on any atom is -0.871 e. The molecule has 3 aromatic carbocycles. The van der Waals surface area contributed by atoms with E-state index in [1.165, 1.54) is 27.8 Å². The van der Waals surface area contributed by atoms with Crippen molar-refractivity contribution in [2.45, 2.75) is 82.1 Å². The third kappa shape index (κ3) is 7.83. The van der Waals surface area contributed by atoms with E-state index < -0.39 is 0 Å². The molecule has 0 unspecified atom stereocenters. The number of rotatable bonds is 16. The van der Waals surface area contributed by atoms with Gasteiger partial charge in [-0.05, 0) is 67.2 Å². The van der Waals surface area contributed by atoms with Gasteiger partial charge in [-0.2, -0.15) is 13.3 Å². The highest BCUT2D eigenvalue weighted by atomic mass is 32.2. The second kappa shape index (κ2) is 17.0. The Balaban J connectivity index is 0.963. The summed E-state index contributed by atoms with van der Waals surface area (Å²) in [6.45, 7) is 8.60. The number of thioether (sulfide) groups is 2. The van der Waals surface area contributed by atoms with E-state index in [0.29, 0.717) is 25.3 Å². The number of nitrogens with one attached hydrogen (secondary N) is 1. The number of anilines is 1. The lowest BCUT2D eigenvalue weighted by molar-refractivity contribution is -0.669. The maximum absolute atomic E-state index is 13.5. The summed E-state index contributed by atoms with van der Waals surface area (Å²) in [6.07, 6.45) is 9.54. The number of thiazole rings is 1. The lowest BCUT2D eigenvalue weighted by Gasteiger charge is -2.29. The molecular weight excluding hydrogens is 739 g/mol. The smallest absolute Gasteiger partial charge is 0.263 e. The van der Waals surface area contributed by atoms with E-state index in [9.17, 15) is 14.7 Å². The first-order chi connectivity index (χ1) is 25.9. The molecule has 274 valence electrons. The molecule has 7 rings (SSSR count). The topological polar surface area (TPSA) is 102 Å². The number of unbranched alkanes of at least 4 members (excludes halogenated alkanes) is 2.